The third kappa shape index (κ3) is 8.36. The van der Waals surface area contributed by atoms with Crippen molar-refractivity contribution in [2.75, 3.05) is 19.6 Å². The van der Waals surface area contributed by atoms with Crippen LogP contribution in [0.5, 0.6) is 0 Å². The summed E-state index contributed by atoms with van der Waals surface area (Å²) in [7, 11) is 0. The van der Waals surface area contributed by atoms with Crippen molar-refractivity contribution in [1.29, 1.82) is 0 Å². The van der Waals surface area contributed by atoms with Gasteiger partial charge in [0.15, 0.2) is 0 Å². The number of carboxylic acid groups (broad SMARTS) is 1. The van der Waals surface area contributed by atoms with Crippen molar-refractivity contribution in [1.82, 2.24) is 15.5 Å². The Morgan fingerprint density at radius 3 is 2.45 bits per heavy atom. The lowest BCUT2D eigenvalue weighted by Gasteiger charge is -2.24. The number of unbranched alkanes of at least 4 members (excludes halogenated alkanes) is 1. The van der Waals surface area contributed by atoms with E-state index in [0.29, 0.717) is 38.8 Å². The molecule has 10 heteroatoms. The predicted molar refractivity (Wildman–Crippen MR) is 108 cm³/mol. The van der Waals surface area contributed by atoms with Crippen LogP contribution >= 0.6 is 0 Å². The average molecular weight is 414 g/mol. The van der Waals surface area contributed by atoms with Gasteiger partial charge in [-0.3, -0.25) is 14.4 Å². The second-order valence-electron chi connectivity index (χ2n) is 7.88. The molecule has 1 fully saturated rings. The minimum Gasteiger partial charge on any atom is -0.480 e. The fourth-order valence-corrected chi connectivity index (χ4v) is 3.33. The number of hydrogen-bond donors (Lipinski definition) is 5. The number of rotatable bonds is 12. The second-order valence-corrected chi connectivity index (χ2v) is 7.88. The fourth-order valence-electron chi connectivity index (χ4n) is 3.33. The molecule has 1 aliphatic rings. The van der Waals surface area contributed by atoms with E-state index < -0.39 is 41.8 Å². The van der Waals surface area contributed by atoms with Crippen molar-refractivity contribution >= 4 is 23.7 Å². The van der Waals surface area contributed by atoms with E-state index in [9.17, 15) is 24.3 Å². The van der Waals surface area contributed by atoms with Crippen LogP contribution in [-0.2, 0) is 19.2 Å². The molecule has 7 N–H and O–H groups in total. The summed E-state index contributed by atoms with van der Waals surface area (Å²) in [6.07, 6.45) is 3.38. The van der Waals surface area contributed by atoms with E-state index in [0.717, 1.165) is 12.8 Å². The molecule has 0 aromatic rings. The van der Waals surface area contributed by atoms with Crippen LogP contribution in [0.2, 0.25) is 0 Å². The van der Waals surface area contributed by atoms with Gasteiger partial charge in [0, 0.05) is 6.54 Å². The largest absolute Gasteiger partial charge is 0.480 e. The highest BCUT2D eigenvalue weighted by Gasteiger charge is 2.34. The number of aliphatic carboxylic acids is 1. The van der Waals surface area contributed by atoms with Gasteiger partial charge in [-0.2, -0.15) is 0 Å². The molecule has 1 heterocycles. The summed E-state index contributed by atoms with van der Waals surface area (Å²) in [4.78, 5) is 49.7. The number of nitrogens with zero attached hydrogens (tertiary/aromatic N) is 1. The van der Waals surface area contributed by atoms with Crippen molar-refractivity contribution in [3.05, 3.63) is 0 Å². The molecule has 1 aliphatic heterocycles. The minimum absolute atomic E-state index is 0.130. The second kappa shape index (κ2) is 12.4. The van der Waals surface area contributed by atoms with Crippen LogP contribution in [0.4, 0.5) is 0 Å². The Hall–Kier alpha value is -2.20. The quantitative estimate of drug-likeness (QED) is 0.260. The summed E-state index contributed by atoms with van der Waals surface area (Å²) in [5.41, 5.74) is 11.3. The lowest BCUT2D eigenvalue weighted by molar-refractivity contribution is -0.148. The molecule has 0 aliphatic carbocycles. The molecule has 0 unspecified atom stereocenters. The van der Waals surface area contributed by atoms with Gasteiger partial charge in [0.05, 0.1) is 12.6 Å². The maximum absolute atomic E-state index is 12.6. The third-order valence-corrected chi connectivity index (χ3v) is 4.92. The Bertz CT molecular complexity index is 583. The van der Waals surface area contributed by atoms with Crippen LogP contribution in [-0.4, -0.2) is 71.5 Å². The molecule has 0 aromatic heterocycles. The standard InChI is InChI=1S/C19H35N5O5/c1-12(2)10-14(23-17(26)13(21)6-3-4-8-20)18(27)22-11-16(25)24-9-5-7-15(24)19(28)29/h12-15H,3-11,20-21H2,1-2H3,(H,22,27)(H,23,26)(H,28,29)/t13-,14-,15-/m0/s1. The van der Waals surface area contributed by atoms with Crippen molar-refractivity contribution in [2.45, 2.75) is 70.5 Å². The average Bonchev–Trinajstić information content (AvgIpc) is 3.15. The van der Waals surface area contributed by atoms with Gasteiger partial charge in [0.25, 0.3) is 0 Å². The summed E-state index contributed by atoms with van der Waals surface area (Å²) >= 11 is 0. The van der Waals surface area contributed by atoms with Crippen molar-refractivity contribution in [2.24, 2.45) is 17.4 Å². The number of hydrogen-bond acceptors (Lipinski definition) is 6. The number of amides is 3. The topological polar surface area (TPSA) is 168 Å². The maximum Gasteiger partial charge on any atom is 0.326 e. The van der Waals surface area contributed by atoms with Gasteiger partial charge in [-0.05, 0) is 44.6 Å². The van der Waals surface area contributed by atoms with E-state index in [2.05, 4.69) is 10.6 Å². The monoisotopic (exact) mass is 413 g/mol. The smallest absolute Gasteiger partial charge is 0.326 e. The van der Waals surface area contributed by atoms with E-state index in [1.165, 1.54) is 4.90 Å². The number of nitrogens with two attached hydrogens (primary N) is 2. The number of carbonyl (C=O) groups is 4. The first-order valence-corrected chi connectivity index (χ1v) is 10.2. The van der Waals surface area contributed by atoms with Gasteiger partial charge in [-0.15, -0.1) is 0 Å². The van der Waals surface area contributed by atoms with Gasteiger partial charge in [0.2, 0.25) is 17.7 Å². The molecular formula is C19H35N5O5. The first-order chi connectivity index (χ1) is 13.7. The zero-order valence-electron chi connectivity index (χ0n) is 17.4. The SMILES string of the molecule is CC(C)C[C@H](NC(=O)[C@@H](N)CCCCN)C(=O)NCC(=O)N1CCC[C@H]1C(=O)O. The predicted octanol–water partition coefficient (Wildman–Crippen LogP) is -0.835. The Morgan fingerprint density at radius 2 is 1.86 bits per heavy atom. The highest BCUT2D eigenvalue weighted by molar-refractivity contribution is 5.92. The Kier molecular flexibility index (Phi) is 10.6. The first kappa shape index (κ1) is 24.8. The van der Waals surface area contributed by atoms with Crippen LogP contribution in [0.3, 0.4) is 0 Å². The number of carboxylic acids is 1. The van der Waals surface area contributed by atoms with E-state index in [1.54, 1.807) is 0 Å². The summed E-state index contributed by atoms with van der Waals surface area (Å²) < 4.78 is 0. The van der Waals surface area contributed by atoms with E-state index >= 15 is 0 Å². The summed E-state index contributed by atoms with van der Waals surface area (Å²) in [6, 6.07) is -2.40. The summed E-state index contributed by atoms with van der Waals surface area (Å²) in [6.45, 7) is 4.41. The molecule has 10 nitrogen and oxygen atoms in total. The zero-order valence-corrected chi connectivity index (χ0v) is 17.4. The molecule has 3 amide bonds. The normalized spacial score (nSPS) is 18.4. The van der Waals surface area contributed by atoms with Crippen LogP contribution in [0.1, 0.15) is 52.4 Å². The third-order valence-electron chi connectivity index (χ3n) is 4.92. The molecule has 0 spiro atoms. The van der Waals surface area contributed by atoms with Crippen LogP contribution in [0.15, 0.2) is 0 Å². The molecule has 1 saturated heterocycles. The lowest BCUT2D eigenvalue weighted by Crippen LogP contribution is -2.53. The molecule has 0 radical (unpaired) electrons. The Morgan fingerprint density at radius 1 is 1.17 bits per heavy atom. The van der Waals surface area contributed by atoms with E-state index in [1.807, 2.05) is 13.8 Å². The highest BCUT2D eigenvalue weighted by Crippen LogP contribution is 2.17. The molecular weight excluding hydrogens is 378 g/mol. The summed E-state index contributed by atoms with van der Waals surface area (Å²) in [5.74, 6) is -2.27. The number of likely N-dealkylation sites (tertiary alicyclic amines) is 1. The molecule has 1 rings (SSSR count). The van der Waals surface area contributed by atoms with E-state index in [4.69, 9.17) is 11.5 Å². The van der Waals surface area contributed by atoms with Crippen molar-refractivity contribution in [3.63, 3.8) is 0 Å². The Labute approximate surface area is 171 Å². The van der Waals surface area contributed by atoms with Gasteiger partial charge in [0.1, 0.15) is 12.1 Å². The van der Waals surface area contributed by atoms with E-state index in [-0.39, 0.29) is 12.5 Å². The molecule has 0 aromatic carbocycles. The molecule has 3 atom stereocenters. The lowest BCUT2D eigenvalue weighted by atomic mass is 10.0. The molecule has 29 heavy (non-hydrogen) atoms. The molecule has 166 valence electrons. The highest BCUT2D eigenvalue weighted by atomic mass is 16.4. The van der Waals surface area contributed by atoms with Crippen LogP contribution < -0.4 is 22.1 Å². The van der Waals surface area contributed by atoms with Crippen molar-refractivity contribution < 1.29 is 24.3 Å². The summed E-state index contributed by atoms with van der Waals surface area (Å²) in [5, 5.41) is 14.4. The van der Waals surface area contributed by atoms with Crippen LogP contribution in [0, 0.1) is 5.92 Å². The van der Waals surface area contributed by atoms with Crippen LogP contribution in [0.25, 0.3) is 0 Å². The molecule has 0 saturated carbocycles. The number of nitrogens with one attached hydrogen (secondary N) is 2. The zero-order chi connectivity index (χ0) is 22.0. The molecule has 0 bridgehead atoms. The van der Waals surface area contributed by atoms with Gasteiger partial charge in [-0.25, -0.2) is 4.79 Å². The Balaban J connectivity index is 2.61. The van der Waals surface area contributed by atoms with Crippen molar-refractivity contribution in [3.8, 4) is 0 Å². The number of carbonyl (C=O) groups excluding carboxylic acids is 3. The van der Waals surface area contributed by atoms with Gasteiger partial charge < -0.3 is 32.1 Å². The van der Waals surface area contributed by atoms with Gasteiger partial charge in [-0.1, -0.05) is 20.3 Å². The first-order valence-electron chi connectivity index (χ1n) is 10.2. The minimum atomic E-state index is -1.05. The van der Waals surface area contributed by atoms with Gasteiger partial charge >= 0.3 is 5.97 Å². The fraction of sp³-hybridized carbons (Fsp3) is 0.789. The maximum atomic E-state index is 12.6.